The van der Waals surface area contributed by atoms with Gasteiger partial charge in [0.05, 0.1) is 5.56 Å². The molecule has 3 aromatic rings. The lowest BCUT2D eigenvalue weighted by molar-refractivity contribution is 0.0905. The van der Waals surface area contributed by atoms with Crippen molar-refractivity contribution in [3.05, 3.63) is 59.8 Å². The Morgan fingerprint density at radius 2 is 2.08 bits per heavy atom. The van der Waals surface area contributed by atoms with Gasteiger partial charge in [-0.3, -0.25) is 0 Å². The molecule has 1 aromatic heterocycles. The molecule has 1 aliphatic heterocycles. The van der Waals surface area contributed by atoms with Crippen molar-refractivity contribution in [3.63, 3.8) is 0 Å². The lowest BCUT2D eigenvalue weighted by Crippen LogP contribution is -2.38. The fourth-order valence-corrected chi connectivity index (χ4v) is 3.26. The van der Waals surface area contributed by atoms with E-state index in [1.807, 2.05) is 30.3 Å². The molecule has 0 amide bonds. The van der Waals surface area contributed by atoms with E-state index in [1.54, 1.807) is 6.20 Å². The number of aryl methyl sites for hydroxylation is 1. The summed E-state index contributed by atoms with van der Waals surface area (Å²) in [6, 6.07) is 16.3. The molecule has 2 heterocycles. The number of aromatic amines is 1. The number of ether oxygens (including phenoxy) is 2. The standard InChI is InChI=1S/C21H21N3O2/c22-11-16-12-24-19-8-7-15(10-18(16)19)4-3-9-23-13-17-14-25-20-5-1-2-6-21(20)26-17/h1-2,5-8,10,12,17,23-24H,3-4,9,13-14H2. The molecule has 26 heavy (non-hydrogen) atoms. The normalized spacial score (nSPS) is 15.7. The molecular weight excluding hydrogens is 326 g/mol. The van der Waals surface area contributed by atoms with Gasteiger partial charge in [-0.15, -0.1) is 0 Å². The van der Waals surface area contributed by atoms with Gasteiger partial charge in [0.25, 0.3) is 0 Å². The average molecular weight is 347 g/mol. The van der Waals surface area contributed by atoms with Gasteiger partial charge in [0.2, 0.25) is 0 Å². The van der Waals surface area contributed by atoms with Crippen molar-refractivity contribution in [1.82, 2.24) is 10.3 Å². The van der Waals surface area contributed by atoms with Crippen molar-refractivity contribution in [2.24, 2.45) is 0 Å². The minimum Gasteiger partial charge on any atom is -0.486 e. The number of rotatable bonds is 6. The molecule has 2 aromatic carbocycles. The van der Waals surface area contributed by atoms with Crippen molar-refractivity contribution in [3.8, 4) is 17.6 Å². The highest BCUT2D eigenvalue weighted by Crippen LogP contribution is 2.30. The fourth-order valence-electron chi connectivity index (χ4n) is 3.26. The van der Waals surface area contributed by atoms with E-state index in [4.69, 9.17) is 14.7 Å². The molecule has 0 saturated carbocycles. The summed E-state index contributed by atoms with van der Waals surface area (Å²) in [5.41, 5.74) is 2.97. The molecule has 5 nitrogen and oxygen atoms in total. The third kappa shape index (κ3) is 3.51. The number of hydrogen-bond donors (Lipinski definition) is 2. The van der Waals surface area contributed by atoms with Crippen LogP contribution in [0, 0.1) is 11.3 Å². The SMILES string of the molecule is N#Cc1c[nH]c2ccc(CCCNCC3COc4ccccc4O3)cc12. The summed E-state index contributed by atoms with van der Waals surface area (Å²) in [6.07, 6.45) is 3.81. The summed E-state index contributed by atoms with van der Waals surface area (Å²) < 4.78 is 11.7. The second-order valence-corrected chi connectivity index (χ2v) is 6.50. The lowest BCUT2D eigenvalue weighted by Gasteiger charge is -2.26. The van der Waals surface area contributed by atoms with Crippen LogP contribution < -0.4 is 14.8 Å². The van der Waals surface area contributed by atoms with E-state index in [0.29, 0.717) is 12.2 Å². The van der Waals surface area contributed by atoms with E-state index in [0.717, 1.165) is 48.3 Å². The molecule has 0 saturated heterocycles. The van der Waals surface area contributed by atoms with Gasteiger partial charge in [0, 0.05) is 23.6 Å². The number of nitriles is 1. The van der Waals surface area contributed by atoms with Gasteiger partial charge in [0.15, 0.2) is 11.5 Å². The van der Waals surface area contributed by atoms with Gasteiger partial charge in [0.1, 0.15) is 18.8 Å². The van der Waals surface area contributed by atoms with Gasteiger partial charge < -0.3 is 19.8 Å². The van der Waals surface area contributed by atoms with Crippen LogP contribution in [0.15, 0.2) is 48.7 Å². The second-order valence-electron chi connectivity index (χ2n) is 6.50. The molecule has 0 radical (unpaired) electrons. The number of para-hydroxylation sites is 2. The molecule has 1 atom stereocenters. The highest BCUT2D eigenvalue weighted by Gasteiger charge is 2.19. The first-order valence-corrected chi connectivity index (χ1v) is 8.93. The van der Waals surface area contributed by atoms with Crippen LogP contribution in [-0.2, 0) is 6.42 Å². The van der Waals surface area contributed by atoms with Gasteiger partial charge >= 0.3 is 0 Å². The lowest BCUT2D eigenvalue weighted by atomic mass is 10.1. The Kier molecular flexibility index (Phi) is 4.76. The minimum absolute atomic E-state index is 0.0410. The zero-order valence-corrected chi connectivity index (χ0v) is 14.5. The van der Waals surface area contributed by atoms with E-state index in [9.17, 15) is 0 Å². The zero-order valence-electron chi connectivity index (χ0n) is 14.5. The summed E-state index contributed by atoms with van der Waals surface area (Å²) in [4.78, 5) is 3.13. The first-order chi connectivity index (χ1) is 12.8. The van der Waals surface area contributed by atoms with Crippen LogP contribution in [-0.4, -0.2) is 30.8 Å². The largest absolute Gasteiger partial charge is 0.486 e. The highest BCUT2D eigenvalue weighted by atomic mass is 16.6. The molecule has 1 aliphatic rings. The Balaban J connectivity index is 1.23. The number of nitrogens with zero attached hydrogens (tertiary/aromatic N) is 1. The Labute approximate surface area is 152 Å². The van der Waals surface area contributed by atoms with Crippen LogP contribution in [0.4, 0.5) is 0 Å². The predicted molar refractivity (Wildman–Crippen MR) is 101 cm³/mol. The Hall–Kier alpha value is -2.97. The van der Waals surface area contributed by atoms with E-state index in [1.165, 1.54) is 5.56 Å². The molecule has 0 fully saturated rings. The van der Waals surface area contributed by atoms with Crippen LogP contribution in [0.2, 0.25) is 0 Å². The predicted octanol–water partition coefficient (Wildman–Crippen LogP) is 3.40. The molecular formula is C21H21N3O2. The van der Waals surface area contributed by atoms with Gasteiger partial charge in [-0.05, 0) is 49.2 Å². The number of nitrogens with one attached hydrogen (secondary N) is 2. The maximum Gasteiger partial charge on any atom is 0.161 e. The topological polar surface area (TPSA) is 70.1 Å². The summed E-state index contributed by atoms with van der Waals surface area (Å²) in [5.74, 6) is 1.64. The zero-order chi connectivity index (χ0) is 17.8. The van der Waals surface area contributed by atoms with Crippen LogP contribution in [0.5, 0.6) is 11.5 Å². The summed E-state index contributed by atoms with van der Waals surface area (Å²) in [6.45, 7) is 2.26. The van der Waals surface area contributed by atoms with E-state index in [2.05, 4.69) is 28.5 Å². The van der Waals surface area contributed by atoms with Gasteiger partial charge in [-0.2, -0.15) is 5.26 Å². The summed E-state index contributed by atoms with van der Waals surface area (Å²) in [5, 5.41) is 13.6. The average Bonchev–Trinajstić information content (AvgIpc) is 3.10. The van der Waals surface area contributed by atoms with Crippen molar-refractivity contribution >= 4 is 10.9 Å². The number of H-pyrrole nitrogens is 1. The highest BCUT2D eigenvalue weighted by molar-refractivity contribution is 5.86. The van der Waals surface area contributed by atoms with Crippen LogP contribution in [0.1, 0.15) is 17.5 Å². The molecule has 5 heteroatoms. The maximum atomic E-state index is 9.14. The quantitative estimate of drug-likeness (QED) is 0.671. The number of aromatic nitrogens is 1. The van der Waals surface area contributed by atoms with Crippen molar-refractivity contribution < 1.29 is 9.47 Å². The Morgan fingerprint density at radius 1 is 1.19 bits per heavy atom. The smallest absolute Gasteiger partial charge is 0.161 e. The van der Waals surface area contributed by atoms with Crippen molar-refractivity contribution in [2.45, 2.75) is 18.9 Å². The molecule has 1 unspecified atom stereocenters. The number of benzene rings is 2. The third-order valence-corrected chi connectivity index (χ3v) is 4.63. The minimum atomic E-state index is 0.0410. The Bertz CT molecular complexity index is 942. The van der Waals surface area contributed by atoms with E-state index >= 15 is 0 Å². The molecule has 0 aliphatic carbocycles. The van der Waals surface area contributed by atoms with Crippen molar-refractivity contribution in [1.29, 1.82) is 5.26 Å². The number of fused-ring (bicyclic) bond motifs is 2. The molecule has 132 valence electrons. The van der Waals surface area contributed by atoms with Crippen LogP contribution in [0.3, 0.4) is 0 Å². The van der Waals surface area contributed by atoms with E-state index in [-0.39, 0.29) is 6.10 Å². The fraction of sp³-hybridized carbons (Fsp3) is 0.286. The van der Waals surface area contributed by atoms with Gasteiger partial charge in [-0.25, -0.2) is 0 Å². The van der Waals surface area contributed by atoms with E-state index < -0.39 is 0 Å². The monoisotopic (exact) mass is 347 g/mol. The summed E-state index contributed by atoms with van der Waals surface area (Å²) in [7, 11) is 0. The first-order valence-electron chi connectivity index (χ1n) is 8.93. The maximum absolute atomic E-state index is 9.14. The summed E-state index contributed by atoms with van der Waals surface area (Å²) >= 11 is 0. The van der Waals surface area contributed by atoms with Gasteiger partial charge in [-0.1, -0.05) is 18.2 Å². The van der Waals surface area contributed by atoms with Crippen LogP contribution in [0.25, 0.3) is 10.9 Å². The van der Waals surface area contributed by atoms with Crippen LogP contribution >= 0.6 is 0 Å². The molecule has 0 bridgehead atoms. The molecule has 4 rings (SSSR count). The Morgan fingerprint density at radius 3 is 2.96 bits per heavy atom. The third-order valence-electron chi connectivity index (χ3n) is 4.63. The number of hydrogen-bond acceptors (Lipinski definition) is 4. The molecule has 2 N–H and O–H groups in total. The molecule has 0 spiro atoms. The van der Waals surface area contributed by atoms with Crippen molar-refractivity contribution in [2.75, 3.05) is 19.7 Å². The second kappa shape index (κ2) is 7.51. The first kappa shape index (κ1) is 16.5.